The summed E-state index contributed by atoms with van der Waals surface area (Å²) in [5, 5.41) is 7.22. The zero-order valence-corrected chi connectivity index (χ0v) is 13.6. The van der Waals surface area contributed by atoms with Crippen molar-refractivity contribution in [1.29, 1.82) is 0 Å². The van der Waals surface area contributed by atoms with E-state index in [-0.39, 0.29) is 17.8 Å². The molecule has 4 nitrogen and oxygen atoms in total. The summed E-state index contributed by atoms with van der Waals surface area (Å²) in [5.74, 6) is -0.0918. The Balaban J connectivity index is 1.66. The lowest BCUT2D eigenvalue weighted by Gasteiger charge is -2.25. The number of H-pyrrole nitrogens is 1. The molecule has 1 N–H and O–H groups in total. The zero-order valence-electron chi connectivity index (χ0n) is 13.6. The summed E-state index contributed by atoms with van der Waals surface area (Å²) in [6.45, 7) is 4.79. The standard InChI is InChI=1S/C18H22FN3O/c1-12-13(2)20-21-16(12)9-10-18(23)22-11-3-4-17(22)14-5-7-15(19)8-6-14/h5-8,17H,3-4,9-11H2,1-2H3,(H,20,21)/t17-/m1/s1. The van der Waals surface area contributed by atoms with Gasteiger partial charge in [-0.3, -0.25) is 9.89 Å². The molecule has 1 saturated heterocycles. The maximum absolute atomic E-state index is 13.1. The van der Waals surface area contributed by atoms with Crippen molar-refractivity contribution in [3.05, 3.63) is 52.6 Å². The summed E-state index contributed by atoms with van der Waals surface area (Å²) in [5.41, 5.74) is 4.17. The molecule has 0 saturated carbocycles. The Kier molecular flexibility index (Phi) is 4.46. The van der Waals surface area contributed by atoms with E-state index in [1.165, 1.54) is 12.1 Å². The van der Waals surface area contributed by atoms with Crippen molar-refractivity contribution >= 4 is 5.91 Å². The molecule has 122 valence electrons. The lowest BCUT2D eigenvalue weighted by Crippen LogP contribution is -2.30. The Labute approximate surface area is 135 Å². The third-order valence-electron chi connectivity index (χ3n) is 4.76. The normalized spacial score (nSPS) is 17.7. The van der Waals surface area contributed by atoms with Crippen LogP contribution in [0.4, 0.5) is 4.39 Å². The van der Waals surface area contributed by atoms with Gasteiger partial charge in [0.2, 0.25) is 5.91 Å². The Morgan fingerprint density at radius 1 is 1.35 bits per heavy atom. The number of nitrogens with one attached hydrogen (secondary N) is 1. The van der Waals surface area contributed by atoms with E-state index in [2.05, 4.69) is 10.2 Å². The highest BCUT2D eigenvalue weighted by atomic mass is 19.1. The van der Waals surface area contributed by atoms with Gasteiger partial charge in [-0.25, -0.2) is 4.39 Å². The molecule has 1 atom stereocenters. The van der Waals surface area contributed by atoms with Gasteiger partial charge in [0.25, 0.3) is 0 Å². The van der Waals surface area contributed by atoms with Gasteiger partial charge in [-0.1, -0.05) is 12.1 Å². The van der Waals surface area contributed by atoms with Gasteiger partial charge < -0.3 is 4.90 Å². The molecule has 1 fully saturated rings. The van der Waals surface area contributed by atoms with Crippen LogP contribution in [0.5, 0.6) is 0 Å². The van der Waals surface area contributed by atoms with Crippen LogP contribution in [0.2, 0.25) is 0 Å². The third kappa shape index (κ3) is 3.28. The number of halogens is 1. The first kappa shape index (κ1) is 15.7. The molecule has 3 rings (SSSR count). The van der Waals surface area contributed by atoms with Gasteiger partial charge in [-0.15, -0.1) is 0 Å². The number of aryl methyl sites for hydroxylation is 2. The highest BCUT2D eigenvalue weighted by molar-refractivity contribution is 5.77. The van der Waals surface area contributed by atoms with Crippen molar-refractivity contribution in [2.24, 2.45) is 0 Å². The van der Waals surface area contributed by atoms with Crippen LogP contribution in [0.1, 0.15) is 47.8 Å². The van der Waals surface area contributed by atoms with Crippen LogP contribution in [0.15, 0.2) is 24.3 Å². The number of aromatic amines is 1. The third-order valence-corrected chi connectivity index (χ3v) is 4.76. The van der Waals surface area contributed by atoms with Gasteiger partial charge in [0.15, 0.2) is 0 Å². The molecule has 0 spiro atoms. The monoisotopic (exact) mass is 315 g/mol. The molecule has 1 amide bonds. The van der Waals surface area contributed by atoms with Gasteiger partial charge in [-0.2, -0.15) is 5.10 Å². The first-order chi connectivity index (χ1) is 11.1. The second kappa shape index (κ2) is 6.52. The van der Waals surface area contributed by atoms with E-state index in [9.17, 15) is 9.18 Å². The van der Waals surface area contributed by atoms with E-state index in [1.54, 1.807) is 12.1 Å². The van der Waals surface area contributed by atoms with Crippen LogP contribution in [0, 0.1) is 19.7 Å². The molecule has 0 aliphatic carbocycles. The van der Waals surface area contributed by atoms with Crippen LogP contribution < -0.4 is 0 Å². The van der Waals surface area contributed by atoms with Gasteiger partial charge in [0.1, 0.15) is 5.82 Å². The van der Waals surface area contributed by atoms with E-state index in [0.717, 1.165) is 41.9 Å². The predicted molar refractivity (Wildman–Crippen MR) is 86.5 cm³/mol. The molecule has 0 bridgehead atoms. The Morgan fingerprint density at radius 3 is 2.74 bits per heavy atom. The molecule has 1 aromatic heterocycles. The van der Waals surface area contributed by atoms with Gasteiger partial charge >= 0.3 is 0 Å². The van der Waals surface area contributed by atoms with Crippen LogP contribution in [0.3, 0.4) is 0 Å². The molecule has 0 radical (unpaired) electrons. The highest BCUT2D eigenvalue weighted by Crippen LogP contribution is 2.32. The second-order valence-electron chi connectivity index (χ2n) is 6.22. The number of nitrogens with zero attached hydrogens (tertiary/aromatic N) is 2. The molecule has 2 aromatic rings. The average molecular weight is 315 g/mol. The van der Waals surface area contributed by atoms with Crippen LogP contribution in [-0.2, 0) is 11.2 Å². The van der Waals surface area contributed by atoms with E-state index in [1.807, 2.05) is 18.7 Å². The maximum Gasteiger partial charge on any atom is 0.223 e. The van der Waals surface area contributed by atoms with E-state index >= 15 is 0 Å². The smallest absolute Gasteiger partial charge is 0.223 e. The number of carbonyl (C=O) groups excluding carboxylic acids is 1. The van der Waals surface area contributed by atoms with E-state index in [4.69, 9.17) is 0 Å². The zero-order chi connectivity index (χ0) is 16.4. The average Bonchev–Trinajstić information content (AvgIpc) is 3.15. The van der Waals surface area contributed by atoms with Gasteiger partial charge in [0.05, 0.1) is 11.7 Å². The van der Waals surface area contributed by atoms with Crippen molar-refractivity contribution in [2.75, 3.05) is 6.54 Å². The fourth-order valence-corrected chi connectivity index (χ4v) is 3.24. The SMILES string of the molecule is Cc1[nH]nc(CCC(=O)N2CCC[C@@H]2c2ccc(F)cc2)c1C. The summed E-state index contributed by atoms with van der Waals surface area (Å²) in [6.07, 6.45) is 3.05. The first-order valence-corrected chi connectivity index (χ1v) is 8.11. The lowest BCUT2D eigenvalue weighted by molar-refractivity contribution is -0.132. The van der Waals surface area contributed by atoms with Crippen LogP contribution in [0.25, 0.3) is 0 Å². The number of likely N-dealkylation sites (tertiary alicyclic amines) is 1. The molecular formula is C18H22FN3O. The topological polar surface area (TPSA) is 49.0 Å². The maximum atomic E-state index is 13.1. The Hall–Kier alpha value is -2.17. The minimum Gasteiger partial charge on any atom is -0.336 e. The van der Waals surface area contributed by atoms with Crippen molar-refractivity contribution in [2.45, 2.75) is 45.6 Å². The minimum absolute atomic E-state index is 0.0742. The van der Waals surface area contributed by atoms with Crippen LogP contribution in [-0.4, -0.2) is 27.5 Å². The van der Waals surface area contributed by atoms with Crippen LogP contribution >= 0.6 is 0 Å². The van der Waals surface area contributed by atoms with Crippen molar-refractivity contribution < 1.29 is 9.18 Å². The molecule has 1 aliphatic heterocycles. The minimum atomic E-state index is -0.242. The van der Waals surface area contributed by atoms with Crippen molar-refractivity contribution in [1.82, 2.24) is 15.1 Å². The molecule has 2 heterocycles. The summed E-state index contributed by atoms with van der Waals surface area (Å²) in [6, 6.07) is 6.57. The van der Waals surface area contributed by atoms with Crippen molar-refractivity contribution in [3.8, 4) is 0 Å². The molecular weight excluding hydrogens is 293 g/mol. The summed E-state index contributed by atoms with van der Waals surface area (Å²) >= 11 is 0. The Bertz CT molecular complexity index is 693. The quantitative estimate of drug-likeness (QED) is 0.939. The van der Waals surface area contributed by atoms with E-state index in [0.29, 0.717) is 12.8 Å². The molecule has 1 aromatic carbocycles. The largest absolute Gasteiger partial charge is 0.336 e. The van der Waals surface area contributed by atoms with E-state index < -0.39 is 0 Å². The number of hydrogen-bond donors (Lipinski definition) is 1. The van der Waals surface area contributed by atoms with Gasteiger partial charge in [0, 0.05) is 25.1 Å². The molecule has 0 unspecified atom stereocenters. The number of amides is 1. The first-order valence-electron chi connectivity index (χ1n) is 8.11. The highest BCUT2D eigenvalue weighted by Gasteiger charge is 2.29. The van der Waals surface area contributed by atoms with Crippen molar-refractivity contribution in [3.63, 3.8) is 0 Å². The number of benzene rings is 1. The fourth-order valence-electron chi connectivity index (χ4n) is 3.24. The number of hydrogen-bond acceptors (Lipinski definition) is 2. The van der Waals surface area contributed by atoms with Gasteiger partial charge in [-0.05, 0) is 49.9 Å². The lowest BCUT2D eigenvalue weighted by atomic mass is 10.0. The second-order valence-corrected chi connectivity index (χ2v) is 6.22. The molecule has 5 heteroatoms. The molecule has 23 heavy (non-hydrogen) atoms. The predicted octanol–water partition coefficient (Wildman–Crippen LogP) is 3.46. The summed E-state index contributed by atoms with van der Waals surface area (Å²) < 4.78 is 13.1. The number of aromatic nitrogens is 2. The fraction of sp³-hybridized carbons (Fsp3) is 0.444. The number of rotatable bonds is 4. The molecule has 1 aliphatic rings. The Morgan fingerprint density at radius 2 is 2.09 bits per heavy atom. The number of carbonyl (C=O) groups is 1. The summed E-state index contributed by atoms with van der Waals surface area (Å²) in [7, 11) is 0. The summed E-state index contributed by atoms with van der Waals surface area (Å²) in [4.78, 5) is 14.5.